The molecule has 0 unspecified atom stereocenters. The minimum atomic E-state index is -0.441. The van der Waals surface area contributed by atoms with Crippen molar-refractivity contribution in [1.29, 1.82) is 0 Å². The molecule has 3 aromatic rings. The second-order valence-corrected chi connectivity index (χ2v) is 8.88. The zero-order valence-corrected chi connectivity index (χ0v) is 19.0. The highest BCUT2D eigenvalue weighted by molar-refractivity contribution is 5.85. The van der Waals surface area contributed by atoms with Gasteiger partial charge in [-0.05, 0) is 69.6 Å². The lowest BCUT2D eigenvalue weighted by Crippen LogP contribution is -2.36. The van der Waals surface area contributed by atoms with Gasteiger partial charge in [0.15, 0.2) is 5.65 Å². The van der Waals surface area contributed by atoms with Crippen LogP contribution in [-0.4, -0.2) is 58.4 Å². The maximum absolute atomic E-state index is 12.1. The third-order valence-electron chi connectivity index (χ3n) is 5.77. The van der Waals surface area contributed by atoms with Crippen molar-refractivity contribution in [3.8, 4) is 11.3 Å². The summed E-state index contributed by atoms with van der Waals surface area (Å²) in [5.41, 5.74) is 3.23. The fourth-order valence-electron chi connectivity index (χ4n) is 3.81. The zero-order chi connectivity index (χ0) is 22.5. The molecule has 1 amide bonds. The Hall–Kier alpha value is -3.13. The van der Waals surface area contributed by atoms with Crippen LogP contribution >= 0.6 is 0 Å². The molecular formula is C24H32N6O2. The Kier molecular flexibility index (Phi) is 6.90. The number of nitrogens with zero attached hydrogens (tertiary/aromatic N) is 4. The summed E-state index contributed by atoms with van der Waals surface area (Å²) in [5.74, 6) is 1.34. The molecule has 1 aromatic carbocycles. The first-order chi connectivity index (χ1) is 15.5. The van der Waals surface area contributed by atoms with E-state index in [0.717, 1.165) is 55.1 Å². The van der Waals surface area contributed by atoms with Crippen molar-refractivity contribution in [2.24, 2.45) is 5.92 Å². The van der Waals surface area contributed by atoms with Crippen LogP contribution in [0, 0.1) is 5.92 Å². The molecule has 0 bridgehead atoms. The van der Waals surface area contributed by atoms with Crippen molar-refractivity contribution in [2.75, 3.05) is 37.4 Å². The van der Waals surface area contributed by atoms with Gasteiger partial charge in [-0.25, -0.2) is 14.3 Å². The molecule has 0 radical (unpaired) electrons. The molecule has 0 saturated carbocycles. The average molecular weight is 437 g/mol. The molecule has 32 heavy (non-hydrogen) atoms. The third kappa shape index (κ3) is 5.56. The molecule has 170 valence electrons. The predicted octanol–water partition coefficient (Wildman–Crippen LogP) is 4.50. The number of fused-ring (bicyclic) bond motifs is 1. The van der Waals surface area contributed by atoms with E-state index in [9.17, 15) is 4.79 Å². The topological polar surface area (TPSA) is 83.8 Å². The number of imidazole rings is 1. The van der Waals surface area contributed by atoms with Gasteiger partial charge in [-0.2, -0.15) is 0 Å². The number of aromatic nitrogens is 3. The number of rotatable bonds is 7. The van der Waals surface area contributed by atoms with Gasteiger partial charge >= 0.3 is 6.09 Å². The predicted molar refractivity (Wildman–Crippen MR) is 127 cm³/mol. The fraction of sp³-hybridized carbons (Fsp3) is 0.458. The van der Waals surface area contributed by atoms with Gasteiger partial charge in [-0.1, -0.05) is 26.0 Å². The van der Waals surface area contributed by atoms with Crippen LogP contribution in [0.5, 0.6) is 0 Å². The first-order valence-corrected chi connectivity index (χ1v) is 11.3. The van der Waals surface area contributed by atoms with Crippen LogP contribution in [0.3, 0.4) is 0 Å². The van der Waals surface area contributed by atoms with E-state index < -0.39 is 6.09 Å². The lowest BCUT2D eigenvalue weighted by molar-refractivity contribution is 0.155. The van der Waals surface area contributed by atoms with Crippen LogP contribution in [0.4, 0.5) is 16.3 Å². The summed E-state index contributed by atoms with van der Waals surface area (Å²) in [7, 11) is 2.16. The van der Waals surface area contributed by atoms with Gasteiger partial charge in [0.25, 0.3) is 0 Å². The van der Waals surface area contributed by atoms with E-state index in [0.29, 0.717) is 24.3 Å². The van der Waals surface area contributed by atoms with Crippen LogP contribution in [-0.2, 0) is 4.74 Å². The van der Waals surface area contributed by atoms with E-state index in [1.165, 1.54) is 0 Å². The molecule has 2 aromatic heterocycles. The number of amides is 1. The lowest BCUT2D eigenvalue weighted by Gasteiger charge is -2.29. The summed E-state index contributed by atoms with van der Waals surface area (Å²) in [6.45, 7) is 6.80. The first-order valence-electron chi connectivity index (χ1n) is 11.3. The number of anilines is 2. The summed E-state index contributed by atoms with van der Waals surface area (Å²) in [4.78, 5) is 18.9. The summed E-state index contributed by atoms with van der Waals surface area (Å²) < 4.78 is 7.11. The molecule has 1 fully saturated rings. The summed E-state index contributed by atoms with van der Waals surface area (Å²) >= 11 is 0. The van der Waals surface area contributed by atoms with Gasteiger partial charge in [-0.3, -0.25) is 5.32 Å². The average Bonchev–Trinajstić information content (AvgIpc) is 3.18. The van der Waals surface area contributed by atoms with Gasteiger partial charge in [0.2, 0.25) is 0 Å². The molecule has 0 spiro atoms. The van der Waals surface area contributed by atoms with Gasteiger partial charge in [-0.15, -0.1) is 5.10 Å². The smallest absolute Gasteiger partial charge is 0.411 e. The Morgan fingerprint density at radius 1 is 1.22 bits per heavy atom. The molecule has 8 heteroatoms. The van der Waals surface area contributed by atoms with E-state index in [-0.39, 0.29) is 0 Å². The molecule has 1 aliphatic heterocycles. The summed E-state index contributed by atoms with van der Waals surface area (Å²) in [6.07, 6.45) is 4.42. The number of hydrogen-bond donors (Lipinski definition) is 2. The maximum Gasteiger partial charge on any atom is 0.411 e. The molecule has 0 atom stereocenters. The third-order valence-corrected chi connectivity index (χ3v) is 5.77. The van der Waals surface area contributed by atoms with E-state index in [1.807, 2.05) is 47.1 Å². The lowest BCUT2D eigenvalue weighted by atomic mass is 10.1. The molecule has 1 saturated heterocycles. The highest BCUT2D eigenvalue weighted by Crippen LogP contribution is 2.24. The Bertz CT molecular complexity index is 1060. The number of likely N-dealkylation sites (tertiary alicyclic amines) is 1. The van der Waals surface area contributed by atoms with Crippen molar-refractivity contribution in [1.82, 2.24) is 19.5 Å². The zero-order valence-electron chi connectivity index (χ0n) is 19.0. The van der Waals surface area contributed by atoms with Gasteiger partial charge in [0.1, 0.15) is 5.82 Å². The number of ether oxygens (including phenoxy) is 1. The van der Waals surface area contributed by atoms with Crippen LogP contribution < -0.4 is 10.6 Å². The Labute approximate surface area is 189 Å². The number of carbonyl (C=O) groups is 1. The molecular weight excluding hydrogens is 404 g/mol. The van der Waals surface area contributed by atoms with Crippen LogP contribution in [0.2, 0.25) is 0 Å². The quantitative estimate of drug-likeness (QED) is 0.567. The second kappa shape index (κ2) is 9.99. The van der Waals surface area contributed by atoms with E-state index in [1.54, 1.807) is 0 Å². The van der Waals surface area contributed by atoms with Crippen LogP contribution in [0.25, 0.3) is 16.9 Å². The highest BCUT2D eigenvalue weighted by atomic mass is 16.5. The summed E-state index contributed by atoms with van der Waals surface area (Å²) in [5, 5.41) is 11.2. The standard InChI is InChI=1S/C24H32N6O2/c1-17(2)11-14-32-24(31)27-20-6-4-5-18(15-20)21-16-25-23-8-7-22(28-30(21)23)26-19-9-12-29(3)13-10-19/h4-8,15-17,19H,9-14H2,1-3H3,(H,26,28)(H,27,31). The second-order valence-electron chi connectivity index (χ2n) is 8.88. The van der Waals surface area contributed by atoms with Gasteiger partial charge in [0, 0.05) is 17.3 Å². The molecule has 4 rings (SSSR count). The van der Waals surface area contributed by atoms with Crippen molar-refractivity contribution in [3.05, 3.63) is 42.6 Å². The minimum Gasteiger partial charge on any atom is -0.449 e. The molecule has 1 aliphatic rings. The first kappa shape index (κ1) is 22.1. The summed E-state index contributed by atoms with van der Waals surface area (Å²) in [6, 6.07) is 12.0. The number of hydrogen-bond acceptors (Lipinski definition) is 6. The minimum absolute atomic E-state index is 0.410. The normalized spacial score (nSPS) is 15.2. The highest BCUT2D eigenvalue weighted by Gasteiger charge is 2.17. The fourth-order valence-corrected chi connectivity index (χ4v) is 3.81. The van der Waals surface area contributed by atoms with Crippen molar-refractivity contribution in [3.63, 3.8) is 0 Å². The SMILES string of the molecule is CC(C)CCOC(=O)Nc1cccc(-c2cnc3ccc(NC4CCN(C)CC4)nn23)c1. The Balaban J connectivity index is 1.48. The van der Waals surface area contributed by atoms with Crippen molar-refractivity contribution >= 4 is 23.2 Å². The Morgan fingerprint density at radius 3 is 2.81 bits per heavy atom. The number of benzene rings is 1. The molecule has 2 N–H and O–H groups in total. The number of piperidine rings is 1. The largest absolute Gasteiger partial charge is 0.449 e. The number of carbonyl (C=O) groups excluding carboxylic acids is 1. The Morgan fingerprint density at radius 2 is 2.03 bits per heavy atom. The molecule has 0 aliphatic carbocycles. The van der Waals surface area contributed by atoms with E-state index >= 15 is 0 Å². The van der Waals surface area contributed by atoms with Crippen LogP contribution in [0.1, 0.15) is 33.1 Å². The van der Waals surface area contributed by atoms with E-state index in [2.05, 4.69) is 41.4 Å². The van der Waals surface area contributed by atoms with E-state index in [4.69, 9.17) is 9.84 Å². The number of nitrogens with one attached hydrogen (secondary N) is 2. The van der Waals surface area contributed by atoms with Crippen LogP contribution in [0.15, 0.2) is 42.6 Å². The molecule has 8 nitrogen and oxygen atoms in total. The van der Waals surface area contributed by atoms with Crippen molar-refractivity contribution in [2.45, 2.75) is 39.2 Å². The van der Waals surface area contributed by atoms with Crippen molar-refractivity contribution < 1.29 is 9.53 Å². The van der Waals surface area contributed by atoms with Gasteiger partial charge in [0.05, 0.1) is 18.5 Å². The van der Waals surface area contributed by atoms with Gasteiger partial charge < -0.3 is 15.0 Å². The molecule has 3 heterocycles. The monoisotopic (exact) mass is 436 g/mol. The maximum atomic E-state index is 12.1.